The predicted molar refractivity (Wildman–Crippen MR) is 32.6 cm³/mol. The smallest absolute Gasteiger partial charge is 0.395 e. The summed E-state index contributed by atoms with van der Waals surface area (Å²) in [6.45, 7) is -0.815. The third-order valence-electron chi connectivity index (χ3n) is 0.666. The van der Waals surface area contributed by atoms with Crippen molar-refractivity contribution in [3.8, 4) is 0 Å². The van der Waals surface area contributed by atoms with E-state index in [-0.39, 0.29) is 0 Å². The van der Waals surface area contributed by atoms with Crippen molar-refractivity contribution in [1.82, 2.24) is 0 Å². The number of aliphatic hydroxyl groups is 1. The van der Waals surface area contributed by atoms with Gasteiger partial charge in [-0.3, -0.25) is 4.55 Å². The number of hydrogen-bond donors (Lipinski definition) is 3. The van der Waals surface area contributed by atoms with Gasteiger partial charge in [0.2, 0.25) is 0 Å². The third-order valence-corrected chi connectivity index (χ3v) is 1.10. The maximum atomic E-state index is 9.85. The average molecular weight is 171 g/mol. The van der Waals surface area contributed by atoms with Gasteiger partial charge in [-0.2, -0.15) is 8.42 Å². The Morgan fingerprint density at radius 1 is 1.60 bits per heavy atom. The largest absolute Gasteiger partial charge is 0.397 e. The summed E-state index contributed by atoms with van der Waals surface area (Å²) < 4.78 is 31.5. The summed E-state index contributed by atoms with van der Waals surface area (Å²) in [6, 6.07) is -0.790. The molecule has 0 saturated heterocycles. The zero-order valence-electron chi connectivity index (χ0n) is 5.10. The number of aliphatic hydroxyl groups excluding tert-OH is 1. The van der Waals surface area contributed by atoms with E-state index >= 15 is 0 Å². The van der Waals surface area contributed by atoms with Crippen LogP contribution in [0.15, 0.2) is 0 Å². The van der Waals surface area contributed by atoms with Gasteiger partial charge in [-0.15, -0.1) is 0 Å². The molecule has 0 amide bonds. The highest BCUT2D eigenvalue weighted by molar-refractivity contribution is 7.80. The maximum absolute atomic E-state index is 9.85. The fraction of sp³-hybridized carbons (Fsp3) is 1.00. The first kappa shape index (κ1) is 9.79. The lowest BCUT2D eigenvalue weighted by atomic mass is 10.4. The number of rotatable bonds is 4. The Kier molecular flexibility index (Phi) is 3.76. The summed E-state index contributed by atoms with van der Waals surface area (Å²) in [7, 11) is -4.42. The van der Waals surface area contributed by atoms with Crippen LogP contribution < -0.4 is 5.73 Å². The van der Waals surface area contributed by atoms with Crippen molar-refractivity contribution in [2.75, 3.05) is 13.2 Å². The Morgan fingerprint density at radius 2 is 2.10 bits per heavy atom. The molecule has 0 radical (unpaired) electrons. The summed E-state index contributed by atoms with van der Waals surface area (Å²) in [4.78, 5) is 0. The number of nitrogens with two attached hydrogens (primary N) is 1. The summed E-state index contributed by atoms with van der Waals surface area (Å²) in [6.07, 6.45) is 0. The molecule has 0 aromatic rings. The molecule has 10 heavy (non-hydrogen) atoms. The molecule has 1 atom stereocenters. The summed E-state index contributed by atoms with van der Waals surface area (Å²) in [5.74, 6) is 0. The van der Waals surface area contributed by atoms with Crippen molar-refractivity contribution in [2.24, 2.45) is 5.73 Å². The van der Waals surface area contributed by atoms with Crippen molar-refractivity contribution in [1.29, 1.82) is 0 Å². The molecular formula is C3H9NO5S. The highest BCUT2D eigenvalue weighted by atomic mass is 32.3. The molecule has 0 bridgehead atoms. The van der Waals surface area contributed by atoms with E-state index in [0.29, 0.717) is 0 Å². The Balaban J connectivity index is 3.56. The van der Waals surface area contributed by atoms with Crippen LogP contribution >= 0.6 is 0 Å². The van der Waals surface area contributed by atoms with Crippen molar-refractivity contribution < 1.29 is 22.3 Å². The molecule has 62 valence electrons. The van der Waals surface area contributed by atoms with Gasteiger partial charge in [0.25, 0.3) is 0 Å². The second-order valence-electron chi connectivity index (χ2n) is 1.65. The molecule has 0 spiro atoms. The van der Waals surface area contributed by atoms with E-state index in [0.717, 1.165) is 0 Å². The van der Waals surface area contributed by atoms with Crippen LogP contribution in [0.25, 0.3) is 0 Å². The first-order valence-corrected chi connectivity index (χ1v) is 3.80. The Morgan fingerprint density at radius 3 is 2.40 bits per heavy atom. The van der Waals surface area contributed by atoms with Crippen LogP contribution in [0.5, 0.6) is 0 Å². The summed E-state index contributed by atoms with van der Waals surface area (Å²) >= 11 is 0. The molecule has 1 unspecified atom stereocenters. The average Bonchev–Trinajstić information content (AvgIpc) is 1.81. The minimum absolute atomic E-state index is 0.393. The van der Waals surface area contributed by atoms with Crippen LogP contribution in [0.3, 0.4) is 0 Å². The standard InChI is InChI=1S/C3H9NO5S/c4-3(1-5)2-9-10(6,7)8/h3,5H,1-2,4H2,(H,6,7,8). The zero-order valence-corrected chi connectivity index (χ0v) is 5.91. The van der Waals surface area contributed by atoms with Gasteiger partial charge >= 0.3 is 10.4 Å². The van der Waals surface area contributed by atoms with Gasteiger partial charge in [-0.25, -0.2) is 4.18 Å². The van der Waals surface area contributed by atoms with Crippen LogP contribution in [-0.4, -0.2) is 37.3 Å². The van der Waals surface area contributed by atoms with Gasteiger partial charge in [0.1, 0.15) is 0 Å². The van der Waals surface area contributed by atoms with Gasteiger partial charge in [0.05, 0.1) is 19.3 Å². The molecule has 0 aliphatic heterocycles. The molecule has 0 rings (SSSR count). The van der Waals surface area contributed by atoms with E-state index in [1.165, 1.54) is 0 Å². The van der Waals surface area contributed by atoms with Gasteiger partial charge in [-0.1, -0.05) is 0 Å². The van der Waals surface area contributed by atoms with Crippen molar-refractivity contribution in [3.63, 3.8) is 0 Å². The second kappa shape index (κ2) is 3.84. The Bertz CT molecular complexity index is 175. The van der Waals surface area contributed by atoms with Crippen LogP contribution in [0, 0.1) is 0 Å². The van der Waals surface area contributed by atoms with E-state index in [4.69, 9.17) is 15.4 Å². The molecule has 6 nitrogen and oxygen atoms in total. The number of hydrogen-bond acceptors (Lipinski definition) is 5. The Labute approximate surface area is 58.6 Å². The predicted octanol–water partition coefficient (Wildman–Crippen LogP) is -1.87. The minimum Gasteiger partial charge on any atom is -0.395 e. The van der Waals surface area contributed by atoms with Crippen molar-refractivity contribution in [2.45, 2.75) is 6.04 Å². The zero-order chi connectivity index (χ0) is 8.20. The van der Waals surface area contributed by atoms with Gasteiger partial charge in [-0.05, 0) is 0 Å². The van der Waals surface area contributed by atoms with E-state index in [2.05, 4.69) is 4.18 Å². The lowest BCUT2D eigenvalue weighted by molar-refractivity contribution is 0.196. The highest BCUT2D eigenvalue weighted by Gasteiger charge is 2.07. The summed E-state index contributed by atoms with van der Waals surface area (Å²) in [5, 5.41) is 8.25. The van der Waals surface area contributed by atoms with Crippen LogP contribution in [0.4, 0.5) is 0 Å². The van der Waals surface area contributed by atoms with E-state index in [9.17, 15) is 8.42 Å². The van der Waals surface area contributed by atoms with Crippen molar-refractivity contribution in [3.05, 3.63) is 0 Å². The lowest BCUT2D eigenvalue weighted by Crippen LogP contribution is -2.31. The van der Waals surface area contributed by atoms with E-state index in [1.807, 2.05) is 0 Å². The summed E-state index contributed by atoms with van der Waals surface area (Å²) in [5.41, 5.74) is 5.03. The van der Waals surface area contributed by atoms with E-state index < -0.39 is 29.7 Å². The van der Waals surface area contributed by atoms with E-state index in [1.54, 1.807) is 0 Å². The normalized spacial score (nSPS) is 15.1. The first-order chi connectivity index (χ1) is 4.45. The SMILES string of the molecule is NC(CO)COS(=O)(=O)O. The molecule has 0 aliphatic rings. The molecule has 4 N–H and O–H groups in total. The second-order valence-corrected chi connectivity index (χ2v) is 2.75. The van der Waals surface area contributed by atoms with Crippen molar-refractivity contribution >= 4 is 10.4 Å². The first-order valence-electron chi connectivity index (χ1n) is 2.44. The highest BCUT2D eigenvalue weighted by Crippen LogP contribution is 1.87. The molecular weight excluding hydrogens is 162 g/mol. The van der Waals surface area contributed by atoms with Gasteiger partial charge in [0.15, 0.2) is 0 Å². The minimum atomic E-state index is -4.42. The van der Waals surface area contributed by atoms with Crippen LogP contribution in [0.2, 0.25) is 0 Å². The molecule has 0 aliphatic carbocycles. The molecule has 0 fully saturated rings. The van der Waals surface area contributed by atoms with Crippen LogP contribution in [0.1, 0.15) is 0 Å². The van der Waals surface area contributed by atoms with Gasteiger partial charge < -0.3 is 10.8 Å². The molecule has 7 heteroatoms. The molecule has 0 aromatic heterocycles. The fourth-order valence-electron chi connectivity index (χ4n) is 0.226. The van der Waals surface area contributed by atoms with Crippen LogP contribution in [-0.2, 0) is 14.6 Å². The molecule has 0 aromatic carbocycles. The molecule has 0 saturated carbocycles. The topological polar surface area (TPSA) is 110 Å². The quantitative estimate of drug-likeness (QED) is 0.427. The maximum Gasteiger partial charge on any atom is 0.397 e. The lowest BCUT2D eigenvalue weighted by Gasteiger charge is -2.04. The fourth-order valence-corrected chi connectivity index (χ4v) is 0.573. The third kappa shape index (κ3) is 5.92. The molecule has 0 heterocycles. The van der Waals surface area contributed by atoms with Gasteiger partial charge in [0, 0.05) is 0 Å². The monoisotopic (exact) mass is 171 g/mol. The Hall–Kier alpha value is -0.210.